The zero-order valence-corrected chi connectivity index (χ0v) is 15.1. The molecule has 1 aliphatic rings. The minimum Gasteiger partial charge on any atom is -0.328 e. The molecule has 1 aromatic carbocycles. The molecule has 124 valence electrons. The first kappa shape index (κ1) is 17.5. The zero-order valence-electron chi connectivity index (χ0n) is 15.1. The smallest absolute Gasteiger partial charge is 0.0107 e. The van der Waals surface area contributed by atoms with E-state index in [9.17, 15) is 0 Å². The highest BCUT2D eigenvalue weighted by molar-refractivity contribution is 5.28. The van der Waals surface area contributed by atoms with E-state index in [0.29, 0.717) is 18.1 Å². The second-order valence-corrected chi connectivity index (χ2v) is 8.23. The van der Waals surface area contributed by atoms with E-state index in [4.69, 9.17) is 5.73 Å². The second kappa shape index (κ2) is 7.14. The summed E-state index contributed by atoms with van der Waals surface area (Å²) in [6.07, 6.45) is 6.00. The minimum atomic E-state index is 0.238. The Kier molecular flexibility index (Phi) is 5.68. The molecule has 0 heterocycles. The molecule has 1 aromatic rings. The van der Waals surface area contributed by atoms with Gasteiger partial charge in [-0.15, -0.1) is 0 Å². The molecular weight excluding hydrogens is 268 g/mol. The van der Waals surface area contributed by atoms with Crippen molar-refractivity contribution in [3.8, 4) is 0 Å². The van der Waals surface area contributed by atoms with Crippen LogP contribution in [0.15, 0.2) is 24.3 Å². The van der Waals surface area contributed by atoms with Crippen molar-refractivity contribution in [3.05, 3.63) is 35.4 Å². The molecule has 1 atom stereocenters. The molecule has 1 fully saturated rings. The van der Waals surface area contributed by atoms with Crippen LogP contribution in [0.2, 0.25) is 0 Å². The standard InChI is InChI=1S/C20H34N2/c1-15(22(5)19-12-10-18(21)11-13-19)14-16-6-8-17(9-7-16)20(2,3)4/h6-9,15,18-19H,10-14,21H2,1-5H3. The molecule has 1 saturated carbocycles. The van der Waals surface area contributed by atoms with Crippen LogP contribution in [0, 0.1) is 0 Å². The van der Waals surface area contributed by atoms with Gasteiger partial charge in [-0.25, -0.2) is 0 Å². The minimum absolute atomic E-state index is 0.238. The fourth-order valence-corrected chi connectivity index (χ4v) is 3.49. The zero-order chi connectivity index (χ0) is 16.3. The summed E-state index contributed by atoms with van der Waals surface area (Å²) in [6.45, 7) is 9.16. The van der Waals surface area contributed by atoms with Crippen LogP contribution >= 0.6 is 0 Å². The van der Waals surface area contributed by atoms with Crippen LogP contribution in [0.25, 0.3) is 0 Å². The van der Waals surface area contributed by atoms with E-state index in [1.54, 1.807) is 0 Å². The third-order valence-electron chi connectivity index (χ3n) is 5.36. The Bertz CT molecular complexity index is 450. The summed E-state index contributed by atoms with van der Waals surface area (Å²) in [5, 5.41) is 0. The topological polar surface area (TPSA) is 29.3 Å². The molecule has 0 spiro atoms. The van der Waals surface area contributed by atoms with Gasteiger partial charge in [0.15, 0.2) is 0 Å². The molecule has 0 aromatic heterocycles. The molecule has 0 aliphatic heterocycles. The molecule has 2 N–H and O–H groups in total. The normalized spacial score (nSPS) is 24.5. The SMILES string of the molecule is CC(Cc1ccc(C(C)(C)C)cc1)N(C)C1CCC(N)CC1. The lowest BCUT2D eigenvalue weighted by Gasteiger charge is -2.37. The lowest BCUT2D eigenvalue weighted by molar-refractivity contribution is 0.140. The van der Waals surface area contributed by atoms with E-state index in [1.165, 1.54) is 36.8 Å². The van der Waals surface area contributed by atoms with Gasteiger partial charge in [-0.05, 0) is 62.6 Å². The van der Waals surface area contributed by atoms with Gasteiger partial charge in [0.05, 0.1) is 0 Å². The summed E-state index contributed by atoms with van der Waals surface area (Å²) in [4.78, 5) is 2.57. The van der Waals surface area contributed by atoms with Crippen LogP contribution in [-0.4, -0.2) is 30.1 Å². The van der Waals surface area contributed by atoms with E-state index in [1.807, 2.05) is 0 Å². The van der Waals surface area contributed by atoms with Crippen molar-refractivity contribution < 1.29 is 0 Å². The lowest BCUT2D eigenvalue weighted by Crippen LogP contribution is -2.43. The summed E-state index contributed by atoms with van der Waals surface area (Å²) < 4.78 is 0. The third-order valence-corrected chi connectivity index (χ3v) is 5.36. The number of rotatable bonds is 4. The van der Waals surface area contributed by atoms with Gasteiger partial charge >= 0.3 is 0 Å². The van der Waals surface area contributed by atoms with Crippen molar-refractivity contribution in [1.29, 1.82) is 0 Å². The summed E-state index contributed by atoms with van der Waals surface area (Å²) in [5.74, 6) is 0. The Morgan fingerprint density at radius 3 is 2.14 bits per heavy atom. The van der Waals surface area contributed by atoms with Gasteiger partial charge in [0.2, 0.25) is 0 Å². The van der Waals surface area contributed by atoms with Crippen LogP contribution in [0.4, 0.5) is 0 Å². The predicted octanol–water partition coefficient (Wildman–Crippen LogP) is 4.12. The number of hydrogen-bond acceptors (Lipinski definition) is 2. The van der Waals surface area contributed by atoms with Gasteiger partial charge in [-0.3, -0.25) is 0 Å². The molecule has 2 heteroatoms. The highest BCUT2D eigenvalue weighted by Gasteiger charge is 2.24. The van der Waals surface area contributed by atoms with Crippen molar-refractivity contribution >= 4 is 0 Å². The van der Waals surface area contributed by atoms with E-state index in [2.05, 4.69) is 63.9 Å². The van der Waals surface area contributed by atoms with Crippen molar-refractivity contribution in [2.75, 3.05) is 7.05 Å². The Morgan fingerprint density at radius 2 is 1.64 bits per heavy atom. The molecule has 0 radical (unpaired) electrons. The van der Waals surface area contributed by atoms with Crippen LogP contribution in [0.1, 0.15) is 64.5 Å². The Balaban J connectivity index is 1.92. The van der Waals surface area contributed by atoms with Crippen LogP contribution < -0.4 is 5.73 Å². The van der Waals surface area contributed by atoms with Crippen molar-refractivity contribution in [3.63, 3.8) is 0 Å². The Morgan fingerprint density at radius 1 is 1.09 bits per heavy atom. The fraction of sp³-hybridized carbons (Fsp3) is 0.700. The van der Waals surface area contributed by atoms with Crippen LogP contribution in [-0.2, 0) is 11.8 Å². The van der Waals surface area contributed by atoms with E-state index < -0.39 is 0 Å². The summed E-state index contributed by atoms with van der Waals surface area (Å²) >= 11 is 0. The second-order valence-electron chi connectivity index (χ2n) is 8.23. The maximum atomic E-state index is 6.03. The highest BCUT2D eigenvalue weighted by Crippen LogP contribution is 2.25. The van der Waals surface area contributed by atoms with Gasteiger partial charge in [-0.2, -0.15) is 0 Å². The van der Waals surface area contributed by atoms with Crippen molar-refractivity contribution in [1.82, 2.24) is 4.90 Å². The molecular formula is C20H34N2. The monoisotopic (exact) mass is 302 g/mol. The Hall–Kier alpha value is -0.860. The molecule has 1 aliphatic carbocycles. The third kappa shape index (κ3) is 4.57. The average molecular weight is 303 g/mol. The summed E-state index contributed by atoms with van der Waals surface area (Å²) in [7, 11) is 2.29. The van der Waals surface area contributed by atoms with Gasteiger partial charge < -0.3 is 10.6 Å². The molecule has 22 heavy (non-hydrogen) atoms. The largest absolute Gasteiger partial charge is 0.328 e. The highest BCUT2D eigenvalue weighted by atomic mass is 15.2. The molecule has 0 amide bonds. The van der Waals surface area contributed by atoms with Gasteiger partial charge in [0.25, 0.3) is 0 Å². The van der Waals surface area contributed by atoms with Gasteiger partial charge in [0, 0.05) is 18.1 Å². The van der Waals surface area contributed by atoms with Gasteiger partial charge in [0.1, 0.15) is 0 Å². The van der Waals surface area contributed by atoms with Gasteiger partial charge in [-0.1, -0.05) is 45.0 Å². The Labute approximate surface area is 137 Å². The number of hydrogen-bond donors (Lipinski definition) is 1. The van der Waals surface area contributed by atoms with E-state index in [-0.39, 0.29) is 5.41 Å². The number of nitrogens with zero attached hydrogens (tertiary/aromatic N) is 1. The number of nitrogens with two attached hydrogens (primary N) is 1. The van der Waals surface area contributed by atoms with Crippen molar-refractivity contribution in [2.45, 2.75) is 83.3 Å². The predicted molar refractivity (Wildman–Crippen MR) is 96.3 cm³/mol. The first-order chi connectivity index (χ1) is 10.3. The number of likely N-dealkylation sites (N-methyl/N-ethyl adjacent to an activating group) is 1. The van der Waals surface area contributed by atoms with Crippen LogP contribution in [0.3, 0.4) is 0 Å². The molecule has 2 rings (SSSR count). The maximum Gasteiger partial charge on any atom is 0.0107 e. The quantitative estimate of drug-likeness (QED) is 0.906. The average Bonchev–Trinajstić information content (AvgIpc) is 2.47. The molecule has 1 unspecified atom stereocenters. The van der Waals surface area contributed by atoms with Crippen LogP contribution in [0.5, 0.6) is 0 Å². The lowest BCUT2D eigenvalue weighted by atomic mass is 9.86. The summed E-state index contributed by atoms with van der Waals surface area (Å²) in [6, 6.07) is 10.9. The maximum absolute atomic E-state index is 6.03. The molecule has 0 saturated heterocycles. The number of benzene rings is 1. The first-order valence-electron chi connectivity index (χ1n) is 8.84. The molecule has 2 nitrogen and oxygen atoms in total. The van der Waals surface area contributed by atoms with E-state index >= 15 is 0 Å². The van der Waals surface area contributed by atoms with E-state index in [0.717, 1.165) is 6.42 Å². The fourth-order valence-electron chi connectivity index (χ4n) is 3.49. The molecule has 0 bridgehead atoms. The first-order valence-corrected chi connectivity index (χ1v) is 8.84. The summed E-state index contributed by atoms with van der Waals surface area (Å²) in [5.41, 5.74) is 9.12. The van der Waals surface area contributed by atoms with Crippen molar-refractivity contribution in [2.24, 2.45) is 5.73 Å².